The maximum atomic E-state index is 12.0. The molecule has 16 heavy (non-hydrogen) atoms. The van der Waals surface area contributed by atoms with Crippen LogP contribution in [0.3, 0.4) is 0 Å². The highest BCUT2D eigenvalue weighted by molar-refractivity contribution is 7.95. The van der Waals surface area contributed by atoms with Crippen molar-refractivity contribution in [3.63, 3.8) is 0 Å². The molecule has 0 aliphatic heterocycles. The third kappa shape index (κ3) is 4.45. The molecule has 0 radical (unpaired) electrons. The van der Waals surface area contributed by atoms with Gasteiger partial charge in [0.2, 0.25) is 0 Å². The molecule has 0 aromatic heterocycles. The largest absolute Gasteiger partial charge is 0.374 e. The Balaban J connectivity index is 4.36. The minimum absolute atomic E-state index is 0.0248. The van der Waals surface area contributed by atoms with Gasteiger partial charge < -0.3 is 9.53 Å². The van der Waals surface area contributed by atoms with Crippen LogP contribution in [0, 0.1) is 0 Å². The minimum atomic E-state index is -3.20. The maximum Gasteiger partial charge on any atom is 0.176 e. The van der Waals surface area contributed by atoms with Crippen molar-refractivity contribution < 1.29 is 17.9 Å². The van der Waals surface area contributed by atoms with Crippen molar-refractivity contribution in [2.24, 2.45) is 0 Å². The summed E-state index contributed by atoms with van der Waals surface area (Å²) in [5.41, 5.74) is 0. The summed E-state index contributed by atoms with van der Waals surface area (Å²) in [6, 6.07) is 0. The highest BCUT2D eigenvalue weighted by atomic mass is 32.2. The van der Waals surface area contributed by atoms with Gasteiger partial charge in [0, 0.05) is 11.5 Å². The van der Waals surface area contributed by atoms with Crippen LogP contribution in [-0.4, -0.2) is 33.2 Å². The summed E-state index contributed by atoms with van der Waals surface area (Å²) in [4.78, 5) is 10.5. The number of sulfone groups is 1. The first-order chi connectivity index (χ1) is 7.50. The Labute approximate surface area is 97.6 Å². The van der Waals surface area contributed by atoms with Gasteiger partial charge in [0.25, 0.3) is 0 Å². The molecule has 0 amide bonds. The van der Waals surface area contributed by atoms with Gasteiger partial charge in [0.05, 0.1) is 5.25 Å². The first-order valence-corrected chi connectivity index (χ1v) is 6.95. The van der Waals surface area contributed by atoms with Crippen LogP contribution in [-0.2, 0) is 19.4 Å². The number of aldehydes is 1. The molecule has 0 aromatic rings. The molecule has 5 heteroatoms. The van der Waals surface area contributed by atoms with E-state index in [1.807, 2.05) is 6.92 Å². The summed E-state index contributed by atoms with van der Waals surface area (Å²) in [5, 5.41) is -0.467. The van der Waals surface area contributed by atoms with Crippen LogP contribution >= 0.6 is 0 Å². The number of allylic oxidation sites excluding steroid dienone is 2. The molecule has 0 heterocycles. The molecule has 1 unspecified atom stereocenters. The maximum absolute atomic E-state index is 12.0. The predicted molar refractivity (Wildman–Crippen MR) is 63.9 cm³/mol. The summed E-state index contributed by atoms with van der Waals surface area (Å²) in [6.07, 6.45) is 3.21. The minimum Gasteiger partial charge on any atom is -0.374 e. The lowest BCUT2D eigenvalue weighted by atomic mass is 10.3. The SMILES string of the molecule is C/C=C(/CC)S(=O)(=O)C(C)CCOCC=O. The fourth-order valence-electron chi connectivity index (χ4n) is 1.36. The third-order valence-electron chi connectivity index (χ3n) is 2.42. The topological polar surface area (TPSA) is 60.4 Å². The Morgan fingerprint density at radius 1 is 1.44 bits per heavy atom. The monoisotopic (exact) mass is 248 g/mol. The van der Waals surface area contributed by atoms with E-state index in [2.05, 4.69) is 0 Å². The summed E-state index contributed by atoms with van der Waals surface area (Å²) < 4.78 is 28.9. The van der Waals surface area contributed by atoms with Gasteiger partial charge >= 0.3 is 0 Å². The van der Waals surface area contributed by atoms with E-state index in [1.165, 1.54) is 0 Å². The lowest BCUT2D eigenvalue weighted by Gasteiger charge is -2.14. The molecule has 0 spiro atoms. The van der Waals surface area contributed by atoms with Crippen molar-refractivity contribution in [3.05, 3.63) is 11.0 Å². The van der Waals surface area contributed by atoms with Crippen LogP contribution in [0.15, 0.2) is 11.0 Å². The van der Waals surface area contributed by atoms with Crippen LogP contribution in [0.2, 0.25) is 0 Å². The van der Waals surface area contributed by atoms with Crippen molar-refractivity contribution >= 4 is 16.1 Å². The van der Waals surface area contributed by atoms with E-state index in [0.29, 0.717) is 30.6 Å². The first-order valence-electron chi connectivity index (χ1n) is 5.41. The van der Waals surface area contributed by atoms with Gasteiger partial charge in [0.1, 0.15) is 12.9 Å². The first kappa shape index (κ1) is 15.3. The number of rotatable bonds is 8. The predicted octanol–water partition coefficient (Wildman–Crippen LogP) is 1.71. The molecule has 0 aromatic carbocycles. The lowest BCUT2D eigenvalue weighted by Crippen LogP contribution is -2.21. The van der Waals surface area contributed by atoms with E-state index in [-0.39, 0.29) is 6.61 Å². The van der Waals surface area contributed by atoms with Gasteiger partial charge in [-0.2, -0.15) is 0 Å². The van der Waals surface area contributed by atoms with Crippen LogP contribution in [0.4, 0.5) is 0 Å². The number of ether oxygens (including phenoxy) is 1. The molecular formula is C11H20O4S. The van der Waals surface area contributed by atoms with E-state index in [4.69, 9.17) is 4.74 Å². The zero-order valence-corrected chi connectivity index (χ0v) is 10.9. The van der Waals surface area contributed by atoms with Gasteiger partial charge in [-0.3, -0.25) is 0 Å². The second-order valence-electron chi connectivity index (χ2n) is 3.49. The molecule has 0 aliphatic rings. The zero-order chi connectivity index (χ0) is 12.6. The number of carbonyl (C=O) groups excluding carboxylic acids is 1. The molecule has 4 nitrogen and oxygen atoms in total. The van der Waals surface area contributed by atoms with E-state index in [1.54, 1.807) is 19.9 Å². The molecule has 0 fully saturated rings. The quantitative estimate of drug-likeness (QED) is 0.484. The molecule has 0 saturated carbocycles. The normalized spacial score (nSPS) is 14.8. The third-order valence-corrected chi connectivity index (χ3v) is 4.97. The van der Waals surface area contributed by atoms with E-state index < -0.39 is 15.1 Å². The van der Waals surface area contributed by atoms with Crippen molar-refractivity contribution in [2.75, 3.05) is 13.2 Å². The highest BCUT2D eigenvalue weighted by Gasteiger charge is 2.23. The van der Waals surface area contributed by atoms with Crippen molar-refractivity contribution in [1.29, 1.82) is 0 Å². The van der Waals surface area contributed by atoms with E-state index in [0.717, 1.165) is 0 Å². The Bertz CT molecular complexity index is 330. The van der Waals surface area contributed by atoms with E-state index >= 15 is 0 Å². The summed E-state index contributed by atoms with van der Waals surface area (Å²) >= 11 is 0. The molecule has 0 N–H and O–H groups in total. The second kappa shape index (κ2) is 7.57. The Morgan fingerprint density at radius 3 is 2.50 bits per heavy atom. The standard InChI is InChI=1S/C11H20O4S/c1-4-11(5-2)16(13,14)10(3)6-8-15-9-7-12/h4,7,10H,5-6,8-9H2,1-3H3/b11-4-. The average Bonchev–Trinajstić information content (AvgIpc) is 2.25. The fourth-order valence-corrected chi connectivity index (χ4v) is 3.02. The van der Waals surface area contributed by atoms with Gasteiger partial charge in [0.15, 0.2) is 9.84 Å². The molecule has 0 aliphatic carbocycles. The van der Waals surface area contributed by atoms with Gasteiger partial charge in [-0.25, -0.2) is 8.42 Å². The number of carbonyl (C=O) groups is 1. The fraction of sp³-hybridized carbons (Fsp3) is 0.727. The smallest absolute Gasteiger partial charge is 0.176 e. The van der Waals surface area contributed by atoms with Crippen LogP contribution in [0.25, 0.3) is 0 Å². The van der Waals surface area contributed by atoms with Crippen molar-refractivity contribution in [1.82, 2.24) is 0 Å². The van der Waals surface area contributed by atoms with Crippen LogP contribution < -0.4 is 0 Å². The molecule has 1 atom stereocenters. The molecular weight excluding hydrogens is 228 g/mol. The lowest BCUT2D eigenvalue weighted by molar-refractivity contribution is -0.111. The second-order valence-corrected chi connectivity index (χ2v) is 5.91. The highest BCUT2D eigenvalue weighted by Crippen LogP contribution is 2.18. The number of hydrogen-bond acceptors (Lipinski definition) is 4. The van der Waals surface area contributed by atoms with Crippen molar-refractivity contribution in [3.8, 4) is 0 Å². The van der Waals surface area contributed by atoms with E-state index in [9.17, 15) is 13.2 Å². The Kier molecular flexibility index (Phi) is 7.25. The van der Waals surface area contributed by atoms with Gasteiger partial charge in [-0.05, 0) is 26.7 Å². The Morgan fingerprint density at radius 2 is 2.06 bits per heavy atom. The number of hydrogen-bond donors (Lipinski definition) is 0. The summed E-state index contributed by atoms with van der Waals surface area (Å²) in [5.74, 6) is 0. The molecule has 0 rings (SSSR count). The van der Waals surface area contributed by atoms with Crippen molar-refractivity contribution in [2.45, 2.75) is 38.9 Å². The molecule has 0 saturated heterocycles. The zero-order valence-electron chi connectivity index (χ0n) is 10.1. The van der Waals surface area contributed by atoms with Gasteiger partial charge in [-0.15, -0.1) is 0 Å². The molecule has 94 valence electrons. The van der Waals surface area contributed by atoms with Crippen LogP contribution in [0.5, 0.6) is 0 Å². The molecule has 0 bridgehead atoms. The summed E-state index contributed by atoms with van der Waals surface area (Å²) in [6.45, 7) is 5.53. The Hall–Kier alpha value is -0.680. The van der Waals surface area contributed by atoms with Crippen LogP contribution in [0.1, 0.15) is 33.6 Å². The summed E-state index contributed by atoms with van der Waals surface area (Å²) in [7, 11) is -3.20. The average molecular weight is 248 g/mol. The van der Waals surface area contributed by atoms with Gasteiger partial charge in [-0.1, -0.05) is 13.0 Å².